The monoisotopic (exact) mass is 936 g/mol. The van der Waals surface area contributed by atoms with Gasteiger partial charge >= 0.3 is 0 Å². The van der Waals surface area contributed by atoms with Crippen molar-refractivity contribution in [3.8, 4) is 11.5 Å². The fourth-order valence-corrected chi connectivity index (χ4v) is 11.0. The molecule has 4 aromatic carbocycles. The molecule has 0 bridgehead atoms. The van der Waals surface area contributed by atoms with E-state index in [4.69, 9.17) is 18.9 Å². The minimum atomic E-state index is -5.00. The molecule has 2 aliphatic heterocycles. The molecule has 4 aromatic rings. The van der Waals surface area contributed by atoms with E-state index in [0.29, 0.717) is 0 Å². The van der Waals surface area contributed by atoms with E-state index >= 15 is 0 Å². The third-order valence-electron chi connectivity index (χ3n) is 9.57. The Morgan fingerprint density at radius 1 is 0.548 bits per heavy atom. The molecule has 0 spiro atoms. The number of nitrogens with zero attached hydrogens (tertiary/aromatic N) is 2. The largest absolute Gasteiger partial charge is 0.495 e. The zero-order valence-electron chi connectivity index (χ0n) is 32.9. The molecule has 62 heavy (non-hydrogen) atoms. The van der Waals surface area contributed by atoms with Crippen LogP contribution in [-0.2, 0) is 49.8 Å². The fourth-order valence-electron chi connectivity index (χ4n) is 6.42. The Morgan fingerprint density at radius 2 is 0.903 bits per heavy atom. The molecular formula is C38H40N4O16S4. The average molecular weight is 937 g/mol. The number of ether oxygens (including phenoxy) is 4. The molecule has 6 rings (SSSR count). The standard InChI is InChI=1S/C38H40N4O16S4/c1-55-31-11-7-27(21-35(31)59(45,46)41-13-17-57-18-14-41)37(43)39-29-9-5-25(33(23-29)61(49,50)51)3-4-26-6-10-30(24-34(26)62(52,53)54)40-38(44)28-8-12-32(56-2)36(22-28)60(47,48)42-15-19-58-20-16-42/h3-12,21-24H,13-20H2,1-2H3,(H,39,43)(H,40,44)(H,49,50,51)(H,52,53,54)/b4-3+. The van der Waals surface area contributed by atoms with Gasteiger partial charge < -0.3 is 29.6 Å². The molecule has 332 valence electrons. The van der Waals surface area contributed by atoms with Crippen LogP contribution >= 0.6 is 0 Å². The van der Waals surface area contributed by atoms with Gasteiger partial charge in [-0.2, -0.15) is 25.4 Å². The van der Waals surface area contributed by atoms with Gasteiger partial charge in [0.1, 0.15) is 31.1 Å². The quantitative estimate of drug-likeness (QED) is 0.104. The van der Waals surface area contributed by atoms with Crippen LogP contribution < -0.4 is 20.1 Å². The number of morpholine rings is 2. The second kappa shape index (κ2) is 18.6. The van der Waals surface area contributed by atoms with Gasteiger partial charge in [-0.25, -0.2) is 16.8 Å². The Morgan fingerprint density at radius 3 is 1.23 bits per heavy atom. The maximum Gasteiger partial charge on any atom is 0.295 e. The zero-order valence-corrected chi connectivity index (χ0v) is 36.1. The van der Waals surface area contributed by atoms with Gasteiger partial charge in [0.15, 0.2) is 0 Å². The summed E-state index contributed by atoms with van der Waals surface area (Å²) in [4.78, 5) is 24.7. The zero-order chi connectivity index (χ0) is 45.0. The number of hydrogen-bond donors (Lipinski definition) is 4. The molecule has 2 heterocycles. The molecule has 2 aliphatic rings. The van der Waals surface area contributed by atoms with Gasteiger partial charge in [0.25, 0.3) is 32.1 Å². The summed E-state index contributed by atoms with van der Waals surface area (Å²) in [6.45, 7) is 1.06. The molecule has 0 atom stereocenters. The first-order valence-electron chi connectivity index (χ1n) is 18.3. The molecule has 20 nitrogen and oxygen atoms in total. The van der Waals surface area contributed by atoms with Crippen molar-refractivity contribution < 1.29 is 71.3 Å². The van der Waals surface area contributed by atoms with Gasteiger partial charge in [0.2, 0.25) is 20.0 Å². The fraction of sp³-hybridized carbons (Fsp3) is 0.263. The first kappa shape index (κ1) is 46.2. The van der Waals surface area contributed by atoms with Crippen molar-refractivity contribution >= 4 is 75.6 Å². The van der Waals surface area contributed by atoms with Crippen LogP contribution in [0.4, 0.5) is 11.4 Å². The Kier molecular flexibility index (Phi) is 13.9. The van der Waals surface area contributed by atoms with Gasteiger partial charge in [-0.15, -0.1) is 0 Å². The van der Waals surface area contributed by atoms with Crippen LogP contribution in [0, 0.1) is 0 Å². The number of benzene rings is 4. The van der Waals surface area contributed by atoms with Gasteiger partial charge in [-0.1, -0.05) is 24.3 Å². The Hall–Kier alpha value is -5.28. The number of rotatable bonds is 14. The molecule has 0 radical (unpaired) electrons. The summed E-state index contributed by atoms with van der Waals surface area (Å²) >= 11 is 0. The lowest BCUT2D eigenvalue weighted by molar-refractivity contribution is 0.0729. The molecule has 2 amide bonds. The summed E-state index contributed by atoms with van der Waals surface area (Å²) in [6, 6.07) is 14.1. The highest BCUT2D eigenvalue weighted by Crippen LogP contribution is 2.32. The van der Waals surface area contributed by atoms with Crippen LogP contribution in [0.1, 0.15) is 31.8 Å². The Bertz CT molecular complexity index is 2680. The topological polar surface area (TPSA) is 279 Å². The van der Waals surface area contributed by atoms with Crippen LogP contribution in [0.5, 0.6) is 11.5 Å². The minimum absolute atomic E-state index is 0.0174. The van der Waals surface area contributed by atoms with E-state index in [1.165, 1.54) is 71.4 Å². The minimum Gasteiger partial charge on any atom is -0.495 e. The van der Waals surface area contributed by atoms with Crippen molar-refractivity contribution in [2.24, 2.45) is 0 Å². The predicted octanol–water partition coefficient (Wildman–Crippen LogP) is 2.91. The number of nitrogens with one attached hydrogen (secondary N) is 2. The number of hydrogen-bond acceptors (Lipinski definition) is 14. The first-order valence-corrected chi connectivity index (χ1v) is 24.1. The summed E-state index contributed by atoms with van der Waals surface area (Å²) in [5.74, 6) is -1.72. The number of carbonyl (C=O) groups is 2. The molecule has 0 saturated carbocycles. The number of methoxy groups -OCH3 is 2. The number of anilines is 2. The first-order chi connectivity index (χ1) is 29.2. The maximum atomic E-state index is 13.4. The highest BCUT2D eigenvalue weighted by molar-refractivity contribution is 7.89. The van der Waals surface area contributed by atoms with Crippen LogP contribution in [0.25, 0.3) is 12.2 Å². The Labute approximate surface area is 357 Å². The maximum absolute atomic E-state index is 13.4. The molecule has 0 unspecified atom stereocenters. The number of amides is 2. The van der Waals surface area contributed by atoms with Crippen molar-refractivity contribution in [2.75, 3.05) is 77.5 Å². The summed E-state index contributed by atoms with van der Waals surface area (Å²) < 4.78 is 147. The van der Waals surface area contributed by atoms with Crippen molar-refractivity contribution in [1.29, 1.82) is 0 Å². The van der Waals surface area contributed by atoms with Gasteiger partial charge in [0.05, 0.1) is 40.6 Å². The summed E-state index contributed by atoms with van der Waals surface area (Å²) in [6.07, 6.45) is 2.22. The summed E-state index contributed by atoms with van der Waals surface area (Å²) in [5, 5.41) is 4.93. The van der Waals surface area contributed by atoms with Crippen LogP contribution in [0.3, 0.4) is 0 Å². The molecule has 0 aliphatic carbocycles. The second-order valence-electron chi connectivity index (χ2n) is 13.5. The number of carbonyl (C=O) groups excluding carboxylic acids is 2. The lowest BCUT2D eigenvalue weighted by atomic mass is 10.1. The molecule has 2 saturated heterocycles. The lowest BCUT2D eigenvalue weighted by Gasteiger charge is -2.26. The third-order valence-corrected chi connectivity index (χ3v) is 15.2. The Balaban J connectivity index is 1.24. The highest BCUT2D eigenvalue weighted by Gasteiger charge is 2.32. The van der Waals surface area contributed by atoms with Crippen LogP contribution in [0.2, 0.25) is 0 Å². The highest BCUT2D eigenvalue weighted by atomic mass is 32.2. The SMILES string of the molecule is COc1ccc(C(=O)Nc2ccc(/C=C/c3ccc(NC(=O)c4ccc(OC)c(S(=O)(=O)N5CCOCC5)c4)cc3S(=O)(=O)O)c(S(=O)(=O)O)c2)cc1S(=O)(=O)N1CCOCC1. The van der Waals surface area contributed by atoms with E-state index in [2.05, 4.69) is 10.6 Å². The normalized spacial score (nSPS) is 15.9. The lowest BCUT2D eigenvalue weighted by Crippen LogP contribution is -2.40. The third kappa shape index (κ3) is 10.3. The van der Waals surface area contributed by atoms with Crippen molar-refractivity contribution in [3.63, 3.8) is 0 Å². The smallest absolute Gasteiger partial charge is 0.295 e. The van der Waals surface area contributed by atoms with E-state index in [0.717, 1.165) is 36.4 Å². The van der Waals surface area contributed by atoms with Crippen molar-refractivity contribution in [2.45, 2.75) is 19.6 Å². The molecule has 2 fully saturated rings. The van der Waals surface area contributed by atoms with E-state index in [-0.39, 0.29) is 108 Å². The van der Waals surface area contributed by atoms with E-state index in [1.54, 1.807) is 0 Å². The van der Waals surface area contributed by atoms with Gasteiger partial charge in [0, 0.05) is 48.7 Å². The predicted molar refractivity (Wildman–Crippen MR) is 222 cm³/mol. The summed E-state index contributed by atoms with van der Waals surface area (Å²) in [5.41, 5.74) is -0.885. The second-order valence-corrected chi connectivity index (χ2v) is 20.1. The molecule has 0 aromatic heterocycles. The molecule has 4 N–H and O–H groups in total. The molecular weight excluding hydrogens is 897 g/mol. The summed E-state index contributed by atoms with van der Waals surface area (Å²) in [7, 11) is -15.7. The van der Waals surface area contributed by atoms with Crippen LogP contribution in [0.15, 0.2) is 92.4 Å². The van der Waals surface area contributed by atoms with E-state index in [9.17, 15) is 52.4 Å². The van der Waals surface area contributed by atoms with Crippen molar-refractivity contribution in [1.82, 2.24) is 8.61 Å². The average Bonchev–Trinajstić information content (AvgIpc) is 3.25. The molecule has 24 heteroatoms. The van der Waals surface area contributed by atoms with E-state index in [1.807, 2.05) is 0 Å². The van der Waals surface area contributed by atoms with Crippen molar-refractivity contribution in [3.05, 3.63) is 95.1 Å². The van der Waals surface area contributed by atoms with Gasteiger partial charge in [-0.3, -0.25) is 18.7 Å². The van der Waals surface area contributed by atoms with Gasteiger partial charge in [-0.05, 0) is 71.8 Å². The van der Waals surface area contributed by atoms with E-state index < -0.39 is 61.9 Å². The number of sulfonamides is 2. The van der Waals surface area contributed by atoms with Crippen LogP contribution in [-0.4, -0.2) is 130 Å².